The van der Waals surface area contributed by atoms with Crippen molar-refractivity contribution in [3.05, 3.63) is 36.2 Å². The van der Waals surface area contributed by atoms with Crippen molar-refractivity contribution in [1.29, 1.82) is 0 Å². The second-order valence-corrected chi connectivity index (χ2v) is 4.48. The van der Waals surface area contributed by atoms with Gasteiger partial charge in [-0.15, -0.1) is 0 Å². The summed E-state index contributed by atoms with van der Waals surface area (Å²) < 4.78 is 5.29. The minimum atomic E-state index is 0.132. The van der Waals surface area contributed by atoms with Gasteiger partial charge in [0.15, 0.2) is 0 Å². The van der Waals surface area contributed by atoms with Gasteiger partial charge in [-0.1, -0.05) is 35.5 Å². The Morgan fingerprint density at radius 1 is 1.29 bits per heavy atom. The lowest BCUT2D eigenvalue weighted by Crippen LogP contribution is -2.20. The Kier molecular flexibility index (Phi) is 2.65. The number of rotatable bonds is 4. The minimum Gasteiger partial charge on any atom is -0.337 e. The number of hydrogen-bond donors (Lipinski definition) is 1. The SMILES string of the molecule is CC(NC1CC1)c1nc(-c2ccccc2)no1. The topological polar surface area (TPSA) is 51.0 Å². The molecule has 1 atom stereocenters. The molecule has 1 saturated carbocycles. The molecule has 17 heavy (non-hydrogen) atoms. The molecule has 1 N–H and O–H groups in total. The maximum atomic E-state index is 5.29. The van der Waals surface area contributed by atoms with Crippen LogP contribution < -0.4 is 5.32 Å². The molecule has 0 aliphatic heterocycles. The van der Waals surface area contributed by atoms with Crippen LogP contribution in [0.5, 0.6) is 0 Å². The van der Waals surface area contributed by atoms with E-state index in [1.165, 1.54) is 12.8 Å². The molecule has 4 nitrogen and oxygen atoms in total. The molecule has 3 rings (SSSR count). The number of nitrogens with zero attached hydrogens (tertiary/aromatic N) is 2. The molecule has 1 unspecified atom stereocenters. The normalized spacial score (nSPS) is 17.0. The summed E-state index contributed by atoms with van der Waals surface area (Å²) in [7, 11) is 0. The fourth-order valence-corrected chi connectivity index (χ4v) is 1.79. The quantitative estimate of drug-likeness (QED) is 0.875. The van der Waals surface area contributed by atoms with Crippen LogP contribution in [0.3, 0.4) is 0 Å². The molecule has 88 valence electrons. The summed E-state index contributed by atoms with van der Waals surface area (Å²) in [5.74, 6) is 1.32. The molecular weight excluding hydrogens is 214 g/mol. The van der Waals surface area contributed by atoms with E-state index in [1.807, 2.05) is 30.3 Å². The van der Waals surface area contributed by atoms with E-state index in [-0.39, 0.29) is 6.04 Å². The maximum Gasteiger partial charge on any atom is 0.243 e. The van der Waals surface area contributed by atoms with Crippen LogP contribution in [0.25, 0.3) is 11.4 Å². The van der Waals surface area contributed by atoms with E-state index in [0.29, 0.717) is 17.8 Å². The van der Waals surface area contributed by atoms with Crippen LogP contribution >= 0.6 is 0 Å². The zero-order valence-electron chi connectivity index (χ0n) is 9.76. The number of hydrogen-bond acceptors (Lipinski definition) is 4. The van der Waals surface area contributed by atoms with Gasteiger partial charge in [-0.3, -0.25) is 0 Å². The van der Waals surface area contributed by atoms with Crippen molar-refractivity contribution in [1.82, 2.24) is 15.5 Å². The van der Waals surface area contributed by atoms with Gasteiger partial charge in [0, 0.05) is 11.6 Å². The fourth-order valence-electron chi connectivity index (χ4n) is 1.79. The molecule has 2 aromatic rings. The van der Waals surface area contributed by atoms with Crippen LogP contribution in [-0.4, -0.2) is 16.2 Å². The van der Waals surface area contributed by atoms with Crippen LogP contribution in [0.4, 0.5) is 0 Å². The molecular formula is C13H15N3O. The highest BCUT2D eigenvalue weighted by Crippen LogP contribution is 2.24. The summed E-state index contributed by atoms with van der Waals surface area (Å²) in [5.41, 5.74) is 0.987. The van der Waals surface area contributed by atoms with E-state index in [1.54, 1.807) is 0 Å². The molecule has 1 heterocycles. The summed E-state index contributed by atoms with van der Waals surface area (Å²) in [6.07, 6.45) is 2.51. The lowest BCUT2D eigenvalue weighted by Gasteiger charge is -2.06. The second-order valence-electron chi connectivity index (χ2n) is 4.48. The van der Waals surface area contributed by atoms with Crippen molar-refractivity contribution in [2.45, 2.75) is 31.8 Å². The Bertz CT molecular complexity index is 490. The Labute approximate surface area is 100 Å². The predicted molar refractivity (Wildman–Crippen MR) is 64.3 cm³/mol. The molecule has 0 radical (unpaired) electrons. The first-order chi connectivity index (χ1) is 8.33. The predicted octanol–water partition coefficient (Wildman–Crippen LogP) is 2.55. The third-order valence-electron chi connectivity index (χ3n) is 2.91. The van der Waals surface area contributed by atoms with Crippen molar-refractivity contribution in [3.63, 3.8) is 0 Å². The van der Waals surface area contributed by atoms with E-state index in [4.69, 9.17) is 4.52 Å². The van der Waals surface area contributed by atoms with Crippen LogP contribution in [0.1, 0.15) is 31.7 Å². The maximum absolute atomic E-state index is 5.29. The Hall–Kier alpha value is -1.68. The van der Waals surface area contributed by atoms with Crippen LogP contribution in [-0.2, 0) is 0 Å². The van der Waals surface area contributed by atoms with Gasteiger partial charge in [0.05, 0.1) is 6.04 Å². The van der Waals surface area contributed by atoms with Gasteiger partial charge in [-0.2, -0.15) is 4.98 Å². The minimum absolute atomic E-state index is 0.132. The molecule has 1 aromatic heterocycles. The van der Waals surface area contributed by atoms with E-state index in [2.05, 4.69) is 22.4 Å². The summed E-state index contributed by atoms with van der Waals surface area (Å²) in [5, 5.41) is 7.45. The van der Waals surface area contributed by atoms with Gasteiger partial charge in [-0.05, 0) is 19.8 Å². The summed E-state index contributed by atoms with van der Waals surface area (Å²) in [6, 6.07) is 10.6. The molecule has 1 aromatic carbocycles. The Balaban J connectivity index is 1.77. The standard InChI is InChI=1S/C13H15N3O/c1-9(14-11-7-8-11)13-15-12(16-17-13)10-5-3-2-4-6-10/h2-6,9,11,14H,7-8H2,1H3. The van der Waals surface area contributed by atoms with Crippen LogP contribution in [0.15, 0.2) is 34.9 Å². The average molecular weight is 229 g/mol. The summed E-state index contributed by atoms with van der Waals surface area (Å²) >= 11 is 0. The monoisotopic (exact) mass is 229 g/mol. The molecule has 1 aliphatic rings. The molecule has 0 saturated heterocycles. The molecule has 0 amide bonds. The van der Waals surface area contributed by atoms with Gasteiger partial charge >= 0.3 is 0 Å². The smallest absolute Gasteiger partial charge is 0.243 e. The van der Waals surface area contributed by atoms with E-state index < -0.39 is 0 Å². The first kappa shape index (κ1) is 10.5. The molecule has 0 spiro atoms. The van der Waals surface area contributed by atoms with Gasteiger partial charge in [-0.25, -0.2) is 0 Å². The lowest BCUT2D eigenvalue weighted by atomic mass is 10.2. The second kappa shape index (κ2) is 4.30. The zero-order chi connectivity index (χ0) is 11.7. The van der Waals surface area contributed by atoms with Gasteiger partial charge in [0.2, 0.25) is 11.7 Å². The largest absolute Gasteiger partial charge is 0.337 e. The van der Waals surface area contributed by atoms with E-state index in [9.17, 15) is 0 Å². The van der Waals surface area contributed by atoms with Gasteiger partial charge in [0.1, 0.15) is 0 Å². The zero-order valence-corrected chi connectivity index (χ0v) is 9.76. The fraction of sp³-hybridized carbons (Fsp3) is 0.385. The van der Waals surface area contributed by atoms with Gasteiger partial charge < -0.3 is 9.84 Å². The number of nitrogens with one attached hydrogen (secondary N) is 1. The molecule has 1 fully saturated rings. The van der Waals surface area contributed by atoms with Crippen molar-refractivity contribution >= 4 is 0 Å². The lowest BCUT2D eigenvalue weighted by molar-refractivity contribution is 0.338. The number of benzene rings is 1. The first-order valence-corrected chi connectivity index (χ1v) is 5.98. The third-order valence-corrected chi connectivity index (χ3v) is 2.91. The van der Waals surface area contributed by atoms with Crippen LogP contribution in [0, 0.1) is 0 Å². The van der Waals surface area contributed by atoms with Crippen molar-refractivity contribution in [3.8, 4) is 11.4 Å². The summed E-state index contributed by atoms with van der Waals surface area (Å²) in [4.78, 5) is 4.42. The molecule has 4 heteroatoms. The van der Waals surface area contributed by atoms with E-state index >= 15 is 0 Å². The highest BCUT2D eigenvalue weighted by Gasteiger charge is 2.25. The molecule has 1 aliphatic carbocycles. The first-order valence-electron chi connectivity index (χ1n) is 5.98. The third kappa shape index (κ3) is 2.36. The highest BCUT2D eigenvalue weighted by atomic mass is 16.5. The van der Waals surface area contributed by atoms with Crippen LogP contribution in [0.2, 0.25) is 0 Å². The Morgan fingerprint density at radius 2 is 2.06 bits per heavy atom. The number of aromatic nitrogens is 2. The average Bonchev–Trinajstić information content (AvgIpc) is 3.04. The van der Waals surface area contributed by atoms with Crippen molar-refractivity contribution in [2.75, 3.05) is 0 Å². The van der Waals surface area contributed by atoms with Crippen molar-refractivity contribution < 1.29 is 4.52 Å². The van der Waals surface area contributed by atoms with E-state index in [0.717, 1.165) is 5.56 Å². The Morgan fingerprint density at radius 3 is 2.76 bits per heavy atom. The summed E-state index contributed by atoms with van der Waals surface area (Å²) in [6.45, 7) is 2.06. The highest BCUT2D eigenvalue weighted by molar-refractivity contribution is 5.53. The molecule has 0 bridgehead atoms. The van der Waals surface area contributed by atoms with Gasteiger partial charge in [0.25, 0.3) is 0 Å². The van der Waals surface area contributed by atoms with Crippen molar-refractivity contribution in [2.24, 2.45) is 0 Å².